The van der Waals surface area contributed by atoms with Crippen LogP contribution in [0, 0.1) is 5.41 Å². The molecule has 4 aromatic rings. The second kappa shape index (κ2) is 14.9. The van der Waals surface area contributed by atoms with Gasteiger partial charge in [-0.3, -0.25) is 4.21 Å². The summed E-state index contributed by atoms with van der Waals surface area (Å²) in [6.07, 6.45) is 3.99. The van der Waals surface area contributed by atoms with Gasteiger partial charge >= 0.3 is 6.18 Å². The number of aromatic nitrogens is 4. The first-order chi connectivity index (χ1) is 22.0. The first-order valence-electron chi connectivity index (χ1n) is 15.3. The average molecular weight is 673 g/mol. The summed E-state index contributed by atoms with van der Waals surface area (Å²) < 4.78 is 62.4. The van der Waals surface area contributed by atoms with Crippen molar-refractivity contribution in [1.82, 2.24) is 19.7 Å². The fourth-order valence-corrected chi connectivity index (χ4v) is 6.09. The van der Waals surface area contributed by atoms with Crippen LogP contribution in [0.25, 0.3) is 16.9 Å². The lowest BCUT2D eigenvalue weighted by atomic mass is 9.94. The molecule has 1 aliphatic rings. The van der Waals surface area contributed by atoms with E-state index in [4.69, 9.17) is 14.7 Å². The van der Waals surface area contributed by atoms with Gasteiger partial charge in [-0.05, 0) is 62.9 Å². The molecular formula is C33H39F3N6O2S2. The van der Waals surface area contributed by atoms with Crippen LogP contribution in [-0.4, -0.2) is 61.8 Å². The highest BCUT2D eigenvalue weighted by Crippen LogP contribution is 2.38. The number of anilines is 2. The fourth-order valence-electron chi connectivity index (χ4n) is 5.01. The van der Waals surface area contributed by atoms with Crippen molar-refractivity contribution in [3.63, 3.8) is 0 Å². The molecule has 1 atom stereocenters. The first kappa shape index (κ1) is 33.8. The lowest BCUT2D eigenvalue weighted by Crippen LogP contribution is -2.37. The highest BCUT2D eigenvalue weighted by molar-refractivity contribution is 8.00. The van der Waals surface area contributed by atoms with Crippen molar-refractivity contribution in [1.29, 1.82) is 0 Å². The van der Waals surface area contributed by atoms with Crippen LogP contribution in [-0.2, 0) is 17.2 Å². The van der Waals surface area contributed by atoms with Gasteiger partial charge in [-0.1, -0.05) is 43.2 Å². The standard InChI is InChI=1S/C33H39F3N6O2S2/c1-32(2,33(34,35)36)23-44-29-18-20-42(39-29)26-16-17-27-37-31(26)25-13-8-7-12-24(25)11-6-4-5-9-19-41(21-22-46(3)43)28-14-10-15-30(38-28)45-40-27/h7-8,10,12-18,20H,4-6,9,11,19,21-23H2,1-3H3,(H,37,40). The number of aryl methyl sites for hydroxylation is 1. The second-order valence-electron chi connectivity index (χ2n) is 12.0. The second-order valence-corrected chi connectivity index (χ2v) is 14.3. The van der Waals surface area contributed by atoms with Crippen molar-refractivity contribution < 1.29 is 22.1 Å². The summed E-state index contributed by atoms with van der Waals surface area (Å²) >= 11 is 1.35. The maximum Gasteiger partial charge on any atom is 0.397 e. The Bertz CT molecular complexity index is 1650. The quantitative estimate of drug-likeness (QED) is 0.200. The molecule has 3 aromatic heterocycles. The maximum absolute atomic E-state index is 13.4. The number of ether oxygens (including phenoxy) is 1. The van der Waals surface area contributed by atoms with E-state index in [1.54, 1.807) is 23.2 Å². The first-order valence-corrected chi connectivity index (χ1v) is 17.8. The van der Waals surface area contributed by atoms with Gasteiger partial charge in [-0.2, -0.15) is 13.2 Å². The van der Waals surface area contributed by atoms with Crippen molar-refractivity contribution in [3.8, 4) is 22.8 Å². The molecule has 4 heterocycles. The van der Waals surface area contributed by atoms with Crippen LogP contribution in [0.15, 0.2) is 71.9 Å². The van der Waals surface area contributed by atoms with Gasteiger partial charge in [-0.25, -0.2) is 14.6 Å². The molecule has 0 fully saturated rings. The molecule has 1 aliphatic heterocycles. The van der Waals surface area contributed by atoms with Crippen LogP contribution in [0.2, 0.25) is 0 Å². The van der Waals surface area contributed by atoms with Crippen molar-refractivity contribution in [3.05, 3.63) is 72.4 Å². The van der Waals surface area contributed by atoms with E-state index < -0.39 is 29.0 Å². The average Bonchev–Trinajstić information content (AvgIpc) is 3.50. The van der Waals surface area contributed by atoms with Crippen LogP contribution in [0.4, 0.5) is 24.8 Å². The molecular weight excluding hydrogens is 634 g/mol. The molecule has 5 rings (SSSR count). The number of halogens is 3. The number of rotatable bonds is 7. The number of nitrogens with zero attached hydrogens (tertiary/aromatic N) is 5. The Morgan fingerprint density at radius 3 is 2.59 bits per heavy atom. The lowest BCUT2D eigenvalue weighted by Gasteiger charge is -2.26. The minimum atomic E-state index is -4.40. The molecule has 46 heavy (non-hydrogen) atoms. The Balaban J connectivity index is 1.46. The summed E-state index contributed by atoms with van der Waals surface area (Å²) in [5.74, 6) is 2.16. The molecule has 0 saturated carbocycles. The fraction of sp³-hybridized carbons (Fsp3) is 0.424. The van der Waals surface area contributed by atoms with Crippen LogP contribution >= 0.6 is 11.9 Å². The van der Waals surface area contributed by atoms with Gasteiger partial charge in [0.15, 0.2) is 0 Å². The Morgan fingerprint density at radius 1 is 0.978 bits per heavy atom. The Labute approximate surface area is 274 Å². The predicted molar refractivity (Wildman–Crippen MR) is 179 cm³/mol. The molecule has 8 nitrogen and oxygen atoms in total. The predicted octanol–water partition coefficient (Wildman–Crippen LogP) is 7.72. The van der Waals surface area contributed by atoms with Gasteiger partial charge in [0.05, 0.1) is 16.8 Å². The van der Waals surface area contributed by atoms with Gasteiger partial charge in [0.1, 0.15) is 23.3 Å². The number of hydrogen-bond donors (Lipinski definition) is 1. The SMILES string of the molecule is CS(=O)CCN1CCCCCCc2ccccc2-c2nc(ccc2-n2ccc(OCC(C)(C)C(F)(F)F)n2)NSc2cccc1n2. The summed E-state index contributed by atoms with van der Waals surface area (Å²) in [4.78, 5) is 12.1. The van der Waals surface area contributed by atoms with E-state index in [2.05, 4.69) is 20.8 Å². The normalized spacial score (nSPS) is 15.4. The van der Waals surface area contributed by atoms with Crippen molar-refractivity contribution in [2.75, 3.05) is 41.3 Å². The molecule has 4 bridgehead atoms. The van der Waals surface area contributed by atoms with Gasteiger partial charge in [-0.15, -0.1) is 5.10 Å². The largest absolute Gasteiger partial charge is 0.476 e. The number of nitrogens with one attached hydrogen (secondary N) is 1. The molecule has 0 saturated heterocycles. The van der Waals surface area contributed by atoms with E-state index in [0.29, 0.717) is 29.5 Å². The topological polar surface area (TPSA) is 85.2 Å². The number of pyridine rings is 2. The minimum absolute atomic E-state index is 0.102. The number of alkyl halides is 3. The monoisotopic (exact) mass is 672 g/mol. The van der Waals surface area contributed by atoms with E-state index in [0.717, 1.165) is 74.5 Å². The van der Waals surface area contributed by atoms with E-state index in [1.807, 2.05) is 48.5 Å². The van der Waals surface area contributed by atoms with E-state index in [1.165, 1.54) is 11.9 Å². The summed E-state index contributed by atoms with van der Waals surface area (Å²) in [6.45, 7) is 3.19. The smallest absolute Gasteiger partial charge is 0.397 e. The van der Waals surface area contributed by atoms with Crippen LogP contribution in [0.1, 0.15) is 45.1 Å². The minimum Gasteiger partial charge on any atom is -0.476 e. The third-order valence-electron chi connectivity index (χ3n) is 7.87. The molecule has 0 amide bonds. The third-order valence-corrected chi connectivity index (χ3v) is 9.38. The Kier molecular flexibility index (Phi) is 10.9. The summed E-state index contributed by atoms with van der Waals surface area (Å²) in [7, 11) is -0.893. The highest BCUT2D eigenvalue weighted by atomic mass is 32.2. The number of benzene rings is 1. The van der Waals surface area contributed by atoms with Crippen molar-refractivity contribution in [2.24, 2.45) is 5.41 Å². The maximum atomic E-state index is 13.4. The zero-order valence-electron chi connectivity index (χ0n) is 26.2. The van der Waals surface area contributed by atoms with Gasteiger partial charge in [0.25, 0.3) is 0 Å². The lowest BCUT2D eigenvalue weighted by molar-refractivity contribution is -0.219. The molecule has 1 aromatic carbocycles. The Hall–Kier alpha value is -3.58. The summed E-state index contributed by atoms with van der Waals surface area (Å²) in [6, 6.07) is 19.3. The van der Waals surface area contributed by atoms with E-state index >= 15 is 0 Å². The zero-order valence-corrected chi connectivity index (χ0v) is 27.9. The van der Waals surface area contributed by atoms with E-state index in [-0.39, 0.29) is 5.88 Å². The third kappa shape index (κ3) is 8.61. The van der Waals surface area contributed by atoms with Crippen LogP contribution in [0.5, 0.6) is 5.88 Å². The van der Waals surface area contributed by atoms with Gasteiger partial charge < -0.3 is 14.4 Å². The van der Waals surface area contributed by atoms with Crippen molar-refractivity contribution in [2.45, 2.75) is 57.2 Å². The molecule has 0 aliphatic carbocycles. The highest BCUT2D eigenvalue weighted by Gasteiger charge is 2.48. The number of hydrogen-bond acceptors (Lipinski definition) is 8. The molecule has 1 unspecified atom stereocenters. The van der Waals surface area contributed by atoms with Gasteiger partial charge in [0, 0.05) is 65.7 Å². The van der Waals surface area contributed by atoms with E-state index in [9.17, 15) is 17.4 Å². The molecule has 1 N–H and O–H groups in total. The van der Waals surface area contributed by atoms with Crippen LogP contribution in [0.3, 0.4) is 0 Å². The summed E-state index contributed by atoms with van der Waals surface area (Å²) in [5, 5.41) is 5.24. The molecule has 246 valence electrons. The molecule has 0 radical (unpaired) electrons. The van der Waals surface area contributed by atoms with Gasteiger partial charge in [0.2, 0.25) is 5.88 Å². The molecule has 13 heteroatoms. The summed E-state index contributed by atoms with van der Waals surface area (Å²) in [5.41, 5.74) is 1.47. The van der Waals surface area contributed by atoms with Crippen molar-refractivity contribution >= 4 is 34.4 Å². The Morgan fingerprint density at radius 2 is 1.78 bits per heavy atom. The molecule has 0 spiro atoms. The van der Waals surface area contributed by atoms with Crippen LogP contribution < -0.4 is 14.4 Å². The number of fused-ring (bicyclic) bond motifs is 6. The zero-order chi connectivity index (χ0) is 32.7.